The van der Waals surface area contributed by atoms with Crippen LogP contribution < -0.4 is 10.2 Å². The lowest BCUT2D eigenvalue weighted by Crippen LogP contribution is -2.39. The number of hydrogen-bond donors (Lipinski definition) is 0. The zero-order valence-corrected chi connectivity index (χ0v) is 18.1. The van der Waals surface area contributed by atoms with Crippen LogP contribution in [-0.4, -0.2) is 17.7 Å². The van der Waals surface area contributed by atoms with Crippen LogP contribution in [0.1, 0.15) is 37.0 Å². The second-order valence-electron chi connectivity index (χ2n) is 8.02. The Balaban J connectivity index is 1.72. The number of rotatable bonds is 2. The van der Waals surface area contributed by atoms with Gasteiger partial charge in [-0.05, 0) is 42.7 Å². The average molecular weight is 494 g/mol. The Kier molecular flexibility index (Phi) is 5.09. The van der Waals surface area contributed by atoms with Gasteiger partial charge < -0.3 is 9.15 Å². The first kappa shape index (κ1) is 20.6. The van der Waals surface area contributed by atoms with Gasteiger partial charge in [-0.15, -0.1) is 0 Å². The van der Waals surface area contributed by atoms with Crippen LogP contribution in [0.5, 0.6) is 5.75 Å². The van der Waals surface area contributed by atoms with Crippen LogP contribution in [-0.2, 0) is 12.7 Å². The summed E-state index contributed by atoms with van der Waals surface area (Å²) in [4.78, 5) is 15.4. The average Bonchev–Trinajstić information content (AvgIpc) is 3.28. The molecule has 0 amide bonds. The molecule has 4 nitrogen and oxygen atoms in total. The monoisotopic (exact) mass is 493 g/mol. The summed E-state index contributed by atoms with van der Waals surface area (Å²) in [5, 5.41) is 0.126. The topological polar surface area (TPSA) is 42.7 Å². The Morgan fingerprint density at radius 2 is 1.74 bits per heavy atom. The summed E-state index contributed by atoms with van der Waals surface area (Å²) < 4.78 is 54.0. The van der Waals surface area contributed by atoms with E-state index in [-0.39, 0.29) is 16.5 Å². The van der Waals surface area contributed by atoms with E-state index in [1.807, 2.05) is 0 Å². The first-order valence-electron chi connectivity index (χ1n) is 10.2. The molecule has 0 atom stereocenters. The van der Waals surface area contributed by atoms with Crippen LogP contribution >= 0.6 is 15.9 Å². The minimum atomic E-state index is -4.82. The summed E-state index contributed by atoms with van der Waals surface area (Å²) in [5.41, 5.74) is -0.555. The van der Waals surface area contributed by atoms with E-state index in [0.717, 1.165) is 25.7 Å². The minimum absolute atomic E-state index is 0.0432. The molecular formula is C23H19BrF3NO3. The van der Waals surface area contributed by atoms with Crippen LogP contribution in [0.3, 0.4) is 0 Å². The lowest BCUT2D eigenvalue weighted by Gasteiger charge is -2.33. The molecule has 5 rings (SSSR count). The highest BCUT2D eigenvalue weighted by Crippen LogP contribution is 2.41. The highest BCUT2D eigenvalue weighted by Gasteiger charge is 2.40. The third kappa shape index (κ3) is 3.65. The molecule has 0 bridgehead atoms. The van der Waals surface area contributed by atoms with E-state index in [2.05, 4.69) is 20.8 Å². The Hall–Kier alpha value is -2.32. The third-order valence-electron chi connectivity index (χ3n) is 6.10. The maximum Gasteiger partial charge on any atom is 0.450 e. The highest BCUT2D eigenvalue weighted by molar-refractivity contribution is 9.10. The van der Waals surface area contributed by atoms with Crippen molar-refractivity contribution >= 4 is 26.9 Å². The van der Waals surface area contributed by atoms with Gasteiger partial charge in [0, 0.05) is 17.1 Å². The lowest BCUT2D eigenvalue weighted by molar-refractivity contribution is -0.152. The molecule has 3 aromatic rings. The van der Waals surface area contributed by atoms with E-state index in [9.17, 15) is 18.0 Å². The van der Waals surface area contributed by atoms with E-state index in [1.165, 1.54) is 18.2 Å². The summed E-state index contributed by atoms with van der Waals surface area (Å²) in [6, 6.07) is 9.62. The molecule has 2 aromatic carbocycles. The second-order valence-corrected chi connectivity index (χ2v) is 8.93. The van der Waals surface area contributed by atoms with E-state index >= 15 is 0 Å². The van der Waals surface area contributed by atoms with Crippen molar-refractivity contribution in [2.45, 2.75) is 44.4 Å². The Morgan fingerprint density at radius 1 is 1.03 bits per heavy atom. The van der Waals surface area contributed by atoms with Gasteiger partial charge in [-0.1, -0.05) is 40.9 Å². The molecule has 0 unspecified atom stereocenters. The zero-order valence-electron chi connectivity index (χ0n) is 16.5. The molecule has 0 saturated heterocycles. The fraction of sp³-hybridized carbons (Fsp3) is 0.348. The summed E-state index contributed by atoms with van der Waals surface area (Å²) in [6.45, 7) is 0.783. The van der Waals surface area contributed by atoms with Crippen molar-refractivity contribution < 1.29 is 22.3 Å². The van der Waals surface area contributed by atoms with Gasteiger partial charge in [0.05, 0.1) is 16.5 Å². The number of benzene rings is 2. The van der Waals surface area contributed by atoms with Crippen molar-refractivity contribution in [2.75, 3.05) is 6.73 Å². The van der Waals surface area contributed by atoms with Gasteiger partial charge in [0.25, 0.3) is 0 Å². The predicted octanol–water partition coefficient (Wildman–Crippen LogP) is 6.34. The van der Waals surface area contributed by atoms with Crippen molar-refractivity contribution in [1.82, 2.24) is 4.90 Å². The molecule has 0 N–H and O–H groups in total. The third-order valence-corrected chi connectivity index (χ3v) is 6.63. The molecule has 0 spiro atoms. The first-order chi connectivity index (χ1) is 14.8. The quantitative estimate of drug-likeness (QED) is 0.417. The lowest BCUT2D eigenvalue weighted by atomic mass is 9.99. The van der Waals surface area contributed by atoms with Gasteiger partial charge in [0.2, 0.25) is 11.2 Å². The SMILES string of the molecule is O=c1c(-c2ccc(Br)cc2)c(C(F)(F)F)oc2c3c(ccc12)OCN(C1CCCC1)C3. The maximum atomic E-state index is 14.0. The van der Waals surface area contributed by atoms with Gasteiger partial charge in [-0.3, -0.25) is 9.69 Å². The molecule has 0 radical (unpaired) electrons. The smallest absolute Gasteiger partial charge is 0.450 e. The largest absolute Gasteiger partial charge is 0.478 e. The number of hydrogen-bond acceptors (Lipinski definition) is 4. The second kappa shape index (κ2) is 7.67. The minimum Gasteiger partial charge on any atom is -0.478 e. The Morgan fingerprint density at radius 3 is 2.42 bits per heavy atom. The van der Waals surface area contributed by atoms with Crippen LogP contribution in [0.4, 0.5) is 13.2 Å². The molecule has 1 aliphatic carbocycles. The predicted molar refractivity (Wildman–Crippen MR) is 114 cm³/mol. The van der Waals surface area contributed by atoms with Gasteiger partial charge >= 0.3 is 6.18 Å². The van der Waals surface area contributed by atoms with Crippen molar-refractivity contribution in [2.24, 2.45) is 0 Å². The molecule has 8 heteroatoms. The molecule has 1 aliphatic heterocycles. The van der Waals surface area contributed by atoms with Gasteiger partial charge in [-0.25, -0.2) is 0 Å². The normalized spacial score (nSPS) is 17.7. The fourth-order valence-electron chi connectivity index (χ4n) is 4.56. The summed E-state index contributed by atoms with van der Waals surface area (Å²) in [5.74, 6) is -0.812. The zero-order chi connectivity index (χ0) is 21.8. The van der Waals surface area contributed by atoms with Crippen LogP contribution in [0.2, 0.25) is 0 Å². The molecule has 31 heavy (non-hydrogen) atoms. The van der Waals surface area contributed by atoms with Gasteiger partial charge in [-0.2, -0.15) is 13.2 Å². The first-order valence-corrected chi connectivity index (χ1v) is 10.9. The highest BCUT2D eigenvalue weighted by atomic mass is 79.9. The summed E-state index contributed by atoms with van der Waals surface area (Å²) >= 11 is 3.27. The van der Waals surface area contributed by atoms with Crippen molar-refractivity contribution in [1.29, 1.82) is 0 Å². The van der Waals surface area contributed by atoms with Gasteiger partial charge in [0.15, 0.2) is 0 Å². The number of nitrogens with zero attached hydrogens (tertiary/aromatic N) is 1. The summed E-state index contributed by atoms with van der Waals surface area (Å²) in [7, 11) is 0. The molecule has 2 aliphatic rings. The molecule has 1 aromatic heterocycles. The maximum absolute atomic E-state index is 14.0. The molecule has 162 valence electrons. The Labute approximate surface area is 184 Å². The van der Waals surface area contributed by atoms with Crippen LogP contribution in [0, 0.1) is 0 Å². The molecule has 1 saturated carbocycles. The molecule has 2 heterocycles. The van der Waals surface area contributed by atoms with Crippen LogP contribution in [0.25, 0.3) is 22.1 Å². The number of ether oxygens (including phenoxy) is 1. The van der Waals surface area contributed by atoms with Crippen molar-refractivity contribution in [3.63, 3.8) is 0 Å². The van der Waals surface area contributed by atoms with Crippen molar-refractivity contribution in [3.8, 4) is 16.9 Å². The van der Waals surface area contributed by atoms with E-state index in [1.54, 1.807) is 18.2 Å². The Bertz CT molecular complexity index is 1200. The van der Waals surface area contributed by atoms with E-state index < -0.39 is 22.9 Å². The summed E-state index contributed by atoms with van der Waals surface area (Å²) in [6.07, 6.45) is -0.482. The molecular weight excluding hydrogens is 475 g/mol. The number of alkyl halides is 3. The number of fused-ring (bicyclic) bond motifs is 3. The fourth-order valence-corrected chi connectivity index (χ4v) is 4.83. The van der Waals surface area contributed by atoms with Crippen LogP contribution in [0.15, 0.2) is 50.1 Å². The molecule has 1 fully saturated rings. The van der Waals surface area contributed by atoms with E-state index in [0.29, 0.717) is 35.1 Å². The van der Waals surface area contributed by atoms with Crippen molar-refractivity contribution in [3.05, 3.63) is 62.4 Å². The standard InChI is InChI=1S/C23H19BrF3NO3/c24-14-7-5-13(6-8-14)19-20(29)16-9-10-18-17(21(16)31-22(19)23(25,26)27)11-28(12-30-18)15-3-1-2-4-15/h5-10,15H,1-4,11-12H2. The number of halogens is 4. The van der Waals surface area contributed by atoms with Gasteiger partial charge in [0.1, 0.15) is 18.1 Å². The van der Waals surface area contributed by atoms with E-state index in [4.69, 9.17) is 9.15 Å².